The molecule has 3 nitrogen and oxygen atoms in total. The van der Waals surface area contributed by atoms with E-state index < -0.39 is 40.5 Å². The predicted molar refractivity (Wildman–Crippen MR) is 49.0 cm³/mol. The first-order valence-corrected chi connectivity index (χ1v) is 4.50. The molecule has 0 spiro atoms. The van der Waals surface area contributed by atoms with Crippen molar-refractivity contribution in [1.29, 1.82) is 0 Å². The summed E-state index contributed by atoms with van der Waals surface area (Å²) in [6.45, 7) is 0. The highest BCUT2D eigenvalue weighted by molar-refractivity contribution is 7.71. The van der Waals surface area contributed by atoms with Gasteiger partial charge in [-0.3, -0.25) is 10.2 Å². The van der Waals surface area contributed by atoms with Crippen LogP contribution in [0, 0.1) is 33.9 Å². The number of hydrogen-bond donors (Lipinski definition) is 2. The molecule has 0 saturated heterocycles. The van der Waals surface area contributed by atoms with Crippen LogP contribution in [-0.4, -0.2) is 15.2 Å². The van der Waals surface area contributed by atoms with Crippen LogP contribution in [-0.2, 0) is 0 Å². The van der Waals surface area contributed by atoms with Gasteiger partial charge >= 0.3 is 0 Å². The molecule has 0 bridgehead atoms. The molecule has 0 atom stereocenters. The zero-order chi connectivity index (χ0) is 12.7. The molecule has 0 amide bonds. The number of rotatable bonds is 1. The van der Waals surface area contributed by atoms with Crippen LogP contribution in [0.5, 0.6) is 0 Å². The highest BCUT2D eigenvalue weighted by Crippen LogP contribution is 2.28. The molecule has 9 heteroatoms. The van der Waals surface area contributed by atoms with Gasteiger partial charge < -0.3 is 0 Å². The Labute approximate surface area is 95.3 Å². The van der Waals surface area contributed by atoms with Gasteiger partial charge in [0.2, 0.25) is 10.6 Å². The fourth-order valence-corrected chi connectivity index (χ4v) is 1.34. The second kappa shape index (κ2) is 3.91. The Kier molecular flexibility index (Phi) is 2.69. The number of hydrogen-bond acceptors (Lipinski definition) is 2. The Balaban J connectivity index is 2.83. The quantitative estimate of drug-likeness (QED) is 0.361. The number of H-pyrrole nitrogens is 2. The van der Waals surface area contributed by atoms with Crippen LogP contribution in [0.25, 0.3) is 11.4 Å². The molecule has 0 fully saturated rings. The van der Waals surface area contributed by atoms with Crippen molar-refractivity contribution in [2.45, 2.75) is 0 Å². The Bertz CT molecular complexity index is 618. The van der Waals surface area contributed by atoms with E-state index in [0.29, 0.717) is 0 Å². The number of halogens is 5. The lowest BCUT2D eigenvalue weighted by atomic mass is 10.1. The number of nitrogens with one attached hydrogen (secondary N) is 2. The Morgan fingerprint density at radius 2 is 1.24 bits per heavy atom. The van der Waals surface area contributed by atoms with Crippen molar-refractivity contribution in [2.75, 3.05) is 0 Å². The van der Waals surface area contributed by atoms with E-state index in [4.69, 9.17) is 0 Å². The fraction of sp³-hybridized carbons (Fsp3) is 0. The SMILES string of the molecule is Fc1c(F)c(F)c(-c2nc(=S)[nH][nH]2)c(F)c1F. The maximum atomic E-state index is 13.3. The third-order valence-corrected chi connectivity index (χ3v) is 2.14. The Hall–Kier alpha value is -1.77. The van der Waals surface area contributed by atoms with Crippen LogP contribution < -0.4 is 0 Å². The van der Waals surface area contributed by atoms with E-state index in [1.165, 1.54) is 0 Å². The molecule has 1 aromatic heterocycles. The first kappa shape index (κ1) is 11.7. The average Bonchev–Trinajstić information content (AvgIpc) is 2.71. The van der Waals surface area contributed by atoms with Crippen LogP contribution >= 0.6 is 12.2 Å². The first-order chi connectivity index (χ1) is 7.93. The maximum absolute atomic E-state index is 13.3. The zero-order valence-electron chi connectivity index (χ0n) is 7.75. The minimum absolute atomic E-state index is 0.177. The highest BCUT2D eigenvalue weighted by atomic mass is 32.1. The fourth-order valence-electron chi connectivity index (χ4n) is 1.20. The molecule has 17 heavy (non-hydrogen) atoms. The van der Waals surface area contributed by atoms with E-state index in [1.807, 2.05) is 0 Å². The van der Waals surface area contributed by atoms with Crippen LogP contribution in [0.2, 0.25) is 0 Å². The van der Waals surface area contributed by atoms with Crippen molar-refractivity contribution in [1.82, 2.24) is 15.2 Å². The minimum atomic E-state index is -2.22. The number of aromatic nitrogens is 3. The first-order valence-electron chi connectivity index (χ1n) is 4.10. The second-order valence-corrected chi connectivity index (χ2v) is 3.35. The van der Waals surface area contributed by atoms with Crippen molar-refractivity contribution >= 4 is 12.2 Å². The van der Waals surface area contributed by atoms with Crippen LogP contribution in [0.4, 0.5) is 22.0 Å². The van der Waals surface area contributed by atoms with Crippen molar-refractivity contribution in [3.8, 4) is 11.4 Å². The van der Waals surface area contributed by atoms with Gasteiger partial charge in [0.25, 0.3) is 0 Å². The summed E-state index contributed by atoms with van der Waals surface area (Å²) in [4.78, 5) is 3.38. The molecule has 0 aliphatic rings. The standard InChI is InChI=1S/C8H2F5N3S/c9-2-1(7-14-8(17)16-15-7)3(10)5(12)6(13)4(2)11/h(H2,14,15,16,17). The van der Waals surface area contributed by atoms with Crippen molar-refractivity contribution in [3.05, 3.63) is 33.9 Å². The topological polar surface area (TPSA) is 44.5 Å². The van der Waals surface area contributed by atoms with E-state index in [2.05, 4.69) is 27.4 Å². The summed E-state index contributed by atoms with van der Waals surface area (Å²) >= 11 is 4.51. The molecule has 2 N–H and O–H groups in total. The summed E-state index contributed by atoms with van der Waals surface area (Å²) in [7, 11) is 0. The van der Waals surface area contributed by atoms with E-state index in [1.54, 1.807) is 0 Å². The average molecular weight is 267 g/mol. The largest absolute Gasteiger partial charge is 0.281 e. The summed E-state index contributed by atoms with van der Waals surface area (Å²) in [6, 6.07) is 0. The molecule has 1 aromatic carbocycles. The van der Waals surface area contributed by atoms with E-state index in [0.717, 1.165) is 0 Å². The van der Waals surface area contributed by atoms with Crippen LogP contribution in [0.1, 0.15) is 0 Å². The molecule has 0 aliphatic heterocycles. The molecular weight excluding hydrogens is 265 g/mol. The summed E-state index contributed by atoms with van der Waals surface area (Å²) in [5.41, 5.74) is -1.16. The summed E-state index contributed by atoms with van der Waals surface area (Å²) in [5, 5.41) is 4.28. The zero-order valence-corrected chi connectivity index (χ0v) is 8.56. The molecule has 2 aromatic rings. The predicted octanol–water partition coefficient (Wildman–Crippen LogP) is 2.83. The molecular formula is C8H2F5N3S. The van der Waals surface area contributed by atoms with Gasteiger partial charge in [0.05, 0.1) is 5.56 Å². The minimum Gasteiger partial charge on any atom is -0.281 e. The van der Waals surface area contributed by atoms with Crippen molar-refractivity contribution in [2.24, 2.45) is 0 Å². The molecule has 0 saturated carbocycles. The monoisotopic (exact) mass is 267 g/mol. The Morgan fingerprint density at radius 1 is 0.765 bits per heavy atom. The Morgan fingerprint density at radius 3 is 1.65 bits per heavy atom. The molecule has 1 heterocycles. The van der Waals surface area contributed by atoms with Gasteiger partial charge in [-0.15, -0.1) is 0 Å². The number of nitrogens with zero attached hydrogens (tertiary/aromatic N) is 1. The lowest BCUT2D eigenvalue weighted by Gasteiger charge is -2.04. The van der Waals surface area contributed by atoms with Gasteiger partial charge in [0.1, 0.15) is 0 Å². The highest BCUT2D eigenvalue weighted by Gasteiger charge is 2.27. The van der Waals surface area contributed by atoms with Gasteiger partial charge in [-0.05, 0) is 12.2 Å². The summed E-state index contributed by atoms with van der Waals surface area (Å²) in [5.74, 6) is -10.8. The normalized spacial score (nSPS) is 10.9. The van der Waals surface area contributed by atoms with Crippen molar-refractivity contribution < 1.29 is 22.0 Å². The lowest BCUT2D eigenvalue weighted by Crippen LogP contribution is -2.04. The molecule has 2 rings (SSSR count). The van der Waals surface area contributed by atoms with E-state index in [9.17, 15) is 22.0 Å². The summed E-state index contributed by atoms with van der Waals surface area (Å²) < 4.78 is 64.8. The third-order valence-electron chi connectivity index (χ3n) is 1.95. The van der Waals surface area contributed by atoms with Gasteiger partial charge in [0, 0.05) is 0 Å². The van der Waals surface area contributed by atoms with E-state index in [-0.39, 0.29) is 4.77 Å². The molecule has 0 aliphatic carbocycles. The maximum Gasteiger partial charge on any atom is 0.213 e. The van der Waals surface area contributed by atoms with Crippen LogP contribution in [0.3, 0.4) is 0 Å². The van der Waals surface area contributed by atoms with Gasteiger partial charge in [-0.25, -0.2) is 22.0 Å². The third kappa shape index (κ3) is 1.71. The number of aromatic amines is 2. The molecule has 90 valence electrons. The van der Waals surface area contributed by atoms with E-state index >= 15 is 0 Å². The second-order valence-electron chi connectivity index (χ2n) is 2.96. The lowest BCUT2D eigenvalue weighted by molar-refractivity contribution is 0.381. The van der Waals surface area contributed by atoms with Crippen molar-refractivity contribution in [3.63, 3.8) is 0 Å². The summed E-state index contributed by atoms with van der Waals surface area (Å²) in [6.07, 6.45) is 0. The number of benzene rings is 1. The molecule has 0 radical (unpaired) electrons. The van der Waals surface area contributed by atoms with Gasteiger partial charge in [0.15, 0.2) is 29.1 Å². The smallest absolute Gasteiger partial charge is 0.213 e. The van der Waals surface area contributed by atoms with Gasteiger partial charge in [-0.1, -0.05) is 0 Å². The van der Waals surface area contributed by atoms with Gasteiger partial charge in [-0.2, -0.15) is 4.98 Å². The van der Waals surface area contributed by atoms with Crippen LogP contribution in [0.15, 0.2) is 0 Å². The molecule has 0 unspecified atom stereocenters.